The van der Waals surface area contributed by atoms with Crippen molar-refractivity contribution < 1.29 is 0 Å². The van der Waals surface area contributed by atoms with E-state index in [1.54, 1.807) is 11.1 Å². The Hall–Kier alpha value is -2.32. The van der Waals surface area contributed by atoms with Crippen molar-refractivity contribution >= 4 is 11.8 Å². The number of aryl methyl sites for hydroxylation is 2. The minimum Gasteiger partial charge on any atom is -0.356 e. The van der Waals surface area contributed by atoms with Gasteiger partial charge < -0.3 is 10.6 Å². The number of allylic oxidation sites excluding steroid dienone is 1. The average Bonchev–Trinajstić information content (AvgIpc) is 3.11. The summed E-state index contributed by atoms with van der Waals surface area (Å²) >= 11 is 0. The van der Waals surface area contributed by atoms with Crippen molar-refractivity contribution in [2.24, 2.45) is 0 Å². The number of hydrogen-bond donors (Lipinski definition) is 2. The zero-order valence-corrected chi connectivity index (χ0v) is 17.4. The first-order chi connectivity index (χ1) is 13.6. The highest BCUT2D eigenvalue weighted by Crippen LogP contribution is 2.32. The van der Waals surface area contributed by atoms with Crippen molar-refractivity contribution in [3.63, 3.8) is 0 Å². The van der Waals surface area contributed by atoms with E-state index < -0.39 is 0 Å². The number of benzene rings is 2. The van der Waals surface area contributed by atoms with Crippen LogP contribution in [-0.2, 0) is 25.7 Å². The second-order valence-corrected chi connectivity index (χ2v) is 8.30. The van der Waals surface area contributed by atoms with E-state index in [1.807, 2.05) is 0 Å². The number of fused-ring (bicyclic) bond motifs is 2. The maximum atomic E-state index is 4.01. The molecule has 0 fully saturated rings. The number of rotatable bonds is 6. The largest absolute Gasteiger partial charge is 0.356 e. The predicted octanol–water partition coefficient (Wildman–Crippen LogP) is 5.62. The van der Waals surface area contributed by atoms with Crippen LogP contribution in [0.2, 0.25) is 0 Å². The van der Waals surface area contributed by atoms with Gasteiger partial charge in [-0.25, -0.2) is 0 Å². The summed E-state index contributed by atoms with van der Waals surface area (Å²) in [6, 6.07) is 12.0. The molecule has 2 aromatic carbocycles. The van der Waals surface area contributed by atoms with E-state index in [0.717, 1.165) is 37.9 Å². The molecule has 28 heavy (non-hydrogen) atoms. The fourth-order valence-corrected chi connectivity index (χ4v) is 4.74. The summed E-state index contributed by atoms with van der Waals surface area (Å²) in [4.78, 5) is 0. The van der Waals surface area contributed by atoms with Crippen LogP contribution in [0.1, 0.15) is 60.1 Å². The topological polar surface area (TPSA) is 24.1 Å². The van der Waals surface area contributed by atoms with Gasteiger partial charge in [0.15, 0.2) is 0 Å². The average molecular weight is 373 g/mol. The summed E-state index contributed by atoms with van der Waals surface area (Å²) in [7, 11) is 0. The van der Waals surface area contributed by atoms with Gasteiger partial charge in [-0.3, -0.25) is 0 Å². The van der Waals surface area contributed by atoms with Gasteiger partial charge in [0.05, 0.1) is 0 Å². The maximum Gasteiger partial charge on any atom is 0.0460 e. The van der Waals surface area contributed by atoms with Crippen LogP contribution in [0.5, 0.6) is 0 Å². The normalized spacial score (nSPS) is 16.6. The van der Waals surface area contributed by atoms with Crippen LogP contribution in [0.3, 0.4) is 0 Å². The Bertz CT molecular complexity index is 889. The number of hydrogen-bond acceptors (Lipinski definition) is 2. The van der Waals surface area contributed by atoms with Gasteiger partial charge in [-0.1, -0.05) is 57.7 Å². The third-order valence-corrected chi connectivity index (χ3v) is 6.35. The van der Waals surface area contributed by atoms with Gasteiger partial charge in [-0.15, -0.1) is 0 Å². The molecule has 1 heterocycles. The Morgan fingerprint density at radius 2 is 1.75 bits per heavy atom. The molecule has 1 atom stereocenters. The molecule has 0 saturated carbocycles. The van der Waals surface area contributed by atoms with Crippen LogP contribution in [0.15, 0.2) is 48.7 Å². The van der Waals surface area contributed by atoms with Crippen molar-refractivity contribution in [3.8, 4) is 0 Å². The van der Waals surface area contributed by atoms with Crippen LogP contribution in [-0.4, -0.2) is 12.6 Å². The molecule has 146 valence electrons. The van der Waals surface area contributed by atoms with Crippen LogP contribution in [0.4, 0.5) is 5.69 Å². The molecule has 2 aromatic rings. The minimum absolute atomic E-state index is 0.467. The molecule has 1 aliphatic carbocycles. The molecule has 2 nitrogen and oxygen atoms in total. The summed E-state index contributed by atoms with van der Waals surface area (Å²) in [5, 5.41) is 7.24. The highest BCUT2D eigenvalue weighted by Gasteiger charge is 2.23. The monoisotopic (exact) mass is 372 g/mol. The maximum absolute atomic E-state index is 4.01. The van der Waals surface area contributed by atoms with Gasteiger partial charge in [0.25, 0.3) is 0 Å². The van der Waals surface area contributed by atoms with Gasteiger partial charge in [0.1, 0.15) is 0 Å². The number of anilines is 1. The van der Waals surface area contributed by atoms with E-state index >= 15 is 0 Å². The van der Waals surface area contributed by atoms with Crippen LogP contribution >= 0.6 is 0 Å². The van der Waals surface area contributed by atoms with Crippen molar-refractivity contribution in [2.45, 2.75) is 58.4 Å². The molecule has 1 aliphatic heterocycles. The van der Waals surface area contributed by atoms with Crippen LogP contribution < -0.4 is 10.6 Å². The van der Waals surface area contributed by atoms with Crippen molar-refractivity contribution in [3.05, 3.63) is 82.1 Å². The highest BCUT2D eigenvalue weighted by atomic mass is 14.9. The summed E-state index contributed by atoms with van der Waals surface area (Å²) < 4.78 is 0. The summed E-state index contributed by atoms with van der Waals surface area (Å²) in [6.07, 6.45) is 8.86. The van der Waals surface area contributed by atoms with Gasteiger partial charge >= 0.3 is 0 Å². The first-order valence-electron chi connectivity index (χ1n) is 10.7. The molecule has 0 amide bonds. The molecule has 0 bridgehead atoms. The Morgan fingerprint density at radius 1 is 1.07 bits per heavy atom. The molecule has 0 aromatic heterocycles. The zero-order chi connectivity index (χ0) is 19.7. The fourth-order valence-electron chi connectivity index (χ4n) is 4.74. The molecular weight excluding hydrogens is 340 g/mol. The van der Waals surface area contributed by atoms with Crippen molar-refractivity contribution in [1.82, 2.24) is 5.32 Å². The fraction of sp³-hybridized carbons (Fsp3) is 0.385. The van der Waals surface area contributed by atoms with E-state index in [4.69, 9.17) is 0 Å². The van der Waals surface area contributed by atoms with E-state index in [2.05, 4.69) is 80.5 Å². The molecule has 0 saturated heterocycles. The zero-order valence-electron chi connectivity index (χ0n) is 17.4. The minimum atomic E-state index is 0.467. The lowest BCUT2D eigenvalue weighted by Gasteiger charge is -2.23. The standard InChI is InChI=1S/C26H32N2/c1-5-19-12-21-14-23(15-22(21)13-20(19)6-2)27-16-17(3)24-8-7-9-26-25(24)11-10-18(4)28-26/h7-13,17,23,27-28H,4-6,14-16H2,1-3H3/t17-/m0/s1. The molecule has 4 rings (SSSR count). The van der Waals surface area contributed by atoms with E-state index in [1.165, 1.54) is 27.9 Å². The van der Waals surface area contributed by atoms with Gasteiger partial charge in [0, 0.05) is 29.5 Å². The van der Waals surface area contributed by atoms with Crippen molar-refractivity contribution in [1.29, 1.82) is 0 Å². The Morgan fingerprint density at radius 3 is 2.39 bits per heavy atom. The second-order valence-electron chi connectivity index (χ2n) is 8.30. The lowest BCUT2D eigenvalue weighted by atomic mass is 9.92. The Labute approximate surface area is 169 Å². The lowest BCUT2D eigenvalue weighted by Crippen LogP contribution is -2.32. The first kappa shape index (κ1) is 19.0. The first-order valence-corrected chi connectivity index (χ1v) is 10.7. The number of nitrogens with one attached hydrogen (secondary N) is 2. The van der Waals surface area contributed by atoms with Crippen molar-refractivity contribution in [2.75, 3.05) is 11.9 Å². The molecule has 2 aliphatic rings. The predicted molar refractivity (Wildman–Crippen MR) is 121 cm³/mol. The SMILES string of the molecule is C=C1C=Cc2c(cccc2[C@@H](C)CNC2Cc3cc(CC)c(CC)cc3C2)N1. The molecule has 2 N–H and O–H groups in total. The molecule has 0 spiro atoms. The molecule has 0 unspecified atom stereocenters. The molecular formula is C26H32N2. The molecule has 2 heteroatoms. The summed E-state index contributed by atoms with van der Waals surface area (Å²) in [6.45, 7) is 11.9. The second kappa shape index (κ2) is 7.97. The molecule has 0 radical (unpaired) electrons. The lowest BCUT2D eigenvalue weighted by molar-refractivity contribution is 0.506. The van der Waals surface area contributed by atoms with E-state index in [-0.39, 0.29) is 0 Å². The van der Waals surface area contributed by atoms with E-state index in [9.17, 15) is 0 Å². The van der Waals surface area contributed by atoms with Gasteiger partial charge in [0.2, 0.25) is 0 Å². The smallest absolute Gasteiger partial charge is 0.0460 e. The van der Waals surface area contributed by atoms with Crippen LogP contribution in [0.25, 0.3) is 6.08 Å². The summed E-state index contributed by atoms with van der Waals surface area (Å²) in [5.74, 6) is 0.467. The third kappa shape index (κ3) is 3.66. The quantitative estimate of drug-likeness (QED) is 0.687. The van der Waals surface area contributed by atoms with E-state index in [0.29, 0.717) is 12.0 Å². The Kier molecular flexibility index (Phi) is 5.41. The van der Waals surface area contributed by atoms with Gasteiger partial charge in [-0.05, 0) is 71.6 Å². The Balaban J connectivity index is 1.43. The third-order valence-electron chi connectivity index (χ3n) is 6.35. The van der Waals surface area contributed by atoms with Gasteiger partial charge in [-0.2, -0.15) is 0 Å². The highest BCUT2D eigenvalue weighted by molar-refractivity contribution is 5.77. The summed E-state index contributed by atoms with van der Waals surface area (Å²) in [5.41, 5.74) is 11.0. The van der Waals surface area contributed by atoms with Crippen LogP contribution in [0, 0.1) is 0 Å².